The highest BCUT2D eigenvalue weighted by Crippen LogP contribution is 2.35. The quantitative estimate of drug-likeness (QED) is 0.473. The molecule has 1 heterocycles. The second kappa shape index (κ2) is 8.36. The molecule has 4 aromatic rings. The van der Waals surface area contributed by atoms with Gasteiger partial charge in [0.1, 0.15) is 5.75 Å². The fourth-order valence-corrected chi connectivity index (χ4v) is 3.99. The molecule has 3 N–H and O–H groups in total. The van der Waals surface area contributed by atoms with Gasteiger partial charge in [0.2, 0.25) is 0 Å². The molecule has 0 radical (unpaired) electrons. The molecule has 6 heteroatoms. The third kappa shape index (κ3) is 3.88. The lowest BCUT2D eigenvalue weighted by atomic mass is 9.99. The molecule has 31 heavy (non-hydrogen) atoms. The van der Waals surface area contributed by atoms with Gasteiger partial charge >= 0.3 is 5.97 Å². The van der Waals surface area contributed by atoms with Crippen molar-refractivity contribution in [2.45, 2.75) is 13.5 Å². The number of nitrogens with zero attached hydrogens (tertiary/aromatic N) is 1. The zero-order valence-corrected chi connectivity index (χ0v) is 17.0. The summed E-state index contributed by atoms with van der Waals surface area (Å²) >= 11 is 0. The number of amides is 1. The Balaban J connectivity index is 1.87. The Kier molecular flexibility index (Phi) is 5.45. The van der Waals surface area contributed by atoms with E-state index in [1.807, 2.05) is 47.9 Å². The minimum atomic E-state index is -1.09. The van der Waals surface area contributed by atoms with Gasteiger partial charge in [0.05, 0.1) is 16.5 Å². The number of aliphatic carboxylic acids is 1. The van der Waals surface area contributed by atoms with Crippen LogP contribution in [0.1, 0.15) is 21.6 Å². The molecule has 0 aliphatic heterocycles. The number of benzene rings is 3. The first-order chi connectivity index (χ1) is 15.0. The minimum Gasteiger partial charge on any atom is -0.481 e. The third-order valence-electron chi connectivity index (χ3n) is 5.34. The van der Waals surface area contributed by atoms with Crippen LogP contribution in [0, 0.1) is 6.92 Å². The summed E-state index contributed by atoms with van der Waals surface area (Å²) in [5, 5.41) is 9.53. The molecule has 0 aliphatic rings. The van der Waals surface area contributed by atoms with Crippen molar-refractivity contribution in [3.05, 3.63) is 89.6 Å². The number of nitrogens with two attached hydrogens (primary N) is 1. The molecule has 6 nitrogen and oxygen atoms in total. The normalized spacial score (nSPS) is 10.9. The van der Waals surface area contributed by atoms with E-state index in [2.05, 4.69) is 24.3 Å². The lowest BCUT2D eigenvalue weighted by Crippen LogP contribution is -2.14. The Morgan fingerprint density at radius 1 is 0.968 bits per heavy atom. The van der Waals surface area contributed by atoms with Crippen LogP contribution in [0.25, 0.3) is 22.0 Å². The average Bonchev–Trinajstić information content (AvgIpc) is 3.05. The number of ether oxygens (including phenoxy) is 1. The molecule has 1 aromatic heterocycles. The van der Waals surface area contributed by atoms with Crippen LogP contribution in [0.5, 0.6) is 5.75 Å². The lowest BCUT2D eigenvalue weighted by Gasteiger charge is -2.14. The summed E-state index contributed by atoms with van der Waals surface area (Å²) in [6, 6.07) is 23.5. The van der Waals surface area contributed by atoms with Crippen molar-refractivity contribution in [1.82, 2.24) is 4.57 Å². The van der Waals surface area contributed by atoms with E-state index in [0.29, 0.717) is 28.9 Å². The molecule has 3 aromatic carbocycles. The van der Waals surface area contributed by atoms with Gasteiger partial charge in [-0.25, -0.2) is 4.79 Å². The molecule has 1 amide bonds. The van der Waals surface area contributed by atoms with Gasteiger partial charge in [-0.05, 0) is 35.7 Å². The van der Waals surface area contributed by atoms with E-state index in [9.17, 15) is 9.59 Å². The largest absolute Gasteiger partial charge is 0.481 e. The number of primary amides is 1. The first-order valence-electron chi connectivity index (χ1n) is 9.87. The molecular weight excluding hydrogens is 392 g/mol. The molecule has 0 fully saturated rings. The van der Waals surface area contributed by atoms with Crippen LogP contribution in [0.4, 0.5) is 0 Å². The van der Waals surface area contributed by atoms with Crippen molar-refractivity contribution in [1.29, 1.82) is 0 Å². The number of carbonyl (C=O) groups is 2. The van der Waals surface area contributed by atoms with Crippen molar-refractivity contribution < 1.29 is 19.4 Å². The minimum absolute atomic E-state index is 0.326. The average molecular weight is 414 g/mol. The van der Waals surface area contributed by atoms with Crippen LogP contribution >= 0.6 is 0 Å². The second-order valence-electron chi connectivity index (χ2n) is 7.27. The van der Waals surface area contributed by atoms with Gasteiger partial charge in [-0.2, -0.15) is 0 Å². The Bertz CT molecular complexity index is 1280. The third-order valence-corrected chi connectivity index (χ3v) is 5.34. The fraction of sp³-hybridized carbons (Fsp3) is 0.120. The summed E-state index contributed by atoms with van der Waals surface area (Å²) in [5.41, 5.74) is 10.8. The van der Waals surface area contributed by atoms with Gasteiger partial charge in [0.15, 0.2) is 6.61 Å². The van der Waals surface area contributed by atoms with Gasteiger partial charge in [-0.1, -0.05) is 60.7 Å². The van der Waals surface area contributed by atoms with Crippen LogP contribution in [0.15, 0.2) is 72.8 Å². The molecule has 156 valence electrons. The van der Waals surface area contributed by atoms with E-state index in [-0.39, 0.29) is 0 Å². The number of rotatable bonds is 7. The first kappa shape index (κ1) is 20.2. The predicted molar refractivity (Wildman–Crippen MR) is 119 cm³/mol. The van der Waals surface area contributed by atoms with Crippen LogP contribution in [0.3, 0.4) is 0 Å². The summed E-state index contributed by atoms with van der Waals surface area (Å²) in [7, 11) is 0. The highest BCUT2D eigenvalue weighted by Gasteiger charge is 2.22. The molecule has 0 unspecified atom stereocenters. The molecule has 0 atom stereocenters. The molecule has 0 aliphatic carbocycles. The zero-order valence-electron chi connectivity index (χ0n) is 17.0. The maximum atomic E-state index is 12.3. The Hall–Kier alpha value is -4.06. The maximum Gasteiger partial charge on any atom is 0.341 e. The Morgan fingerprint density at radius 2 is 1.68 bits per heavy atom. The van der Waals surface area contributed by atoms with Crippen LogP contribution in [-0.4, -0.2) is 28.2 Å². The monoisotopic (exact) mass is 414 g/mol. The Labute approximate surface area is 179 Å². The van der Waals surface area contributed by atoms with Crippen molar-refractivity contribution >= 4 is 22.8 Å². The van der Waals surface area contributed by atoms with E-state index in [4.69, 9.17) is 15.6 Å². The topological polar surface area (TPSA) is 94.6 Å². The van der Waals surface area contributed by atoms with Gasteiger partial charge in [-0.3, -0.25) is 4.79 Å². The molecule has 0 saturated heterocycles. The van der Waals surface area contributed by atoms with E-state index >= 15 is 0 Å². The number of hydrogen-bond acceptors (Lipinski definition) is 3. The molecular formula is C25H22N2O4. The molecule has 0 saturated carbocycles. The first-order valence-corrected chi connectivity index (χ1v) is 9.87. The highest BCUT2D eigenvalue weighted by atomic mass is 16.5. The fourth-order valence-electron chi connectivity index (χ4n) is 3.99. The van der Waals surface area contributed by atoms with Gasteiger partial charge in [0.25, 0.3) is 5.91 Å². The molecule has 0 spiro atoms. The SMILES string of the molecule is Cc1c(C(N)=O)c2c(OCC(=O)O)cccc2n1Cc1ccccc1-c1ccccc1. The number of carboxylic acids is 1. The van der Waals surface area contributed by atoms with Crippen LogP contribution in [0.2, 0.25) is 0 Å². The van der Waals surface area contributed by atoms with Crippen molar-refractivity contribution in [3.63, 3.8) is 0 Å². The van der Waals surface area contributed by atoms with E-state index in [1.165, 1.54) is 0 Å². The summed E-state index contributed by atoms with van der Waals surface area (Å²) in [4.78, 5) is 23.3. The number of carboxylic acid groups (broad SMARTS) is 1. The van der Waals surface area contributed by atoms with Crippen molar-refractivity contribution in [2.24, 2.45) is 5.73 Å². The number of carbonyl (C=O) groups excluding carboxylic acids is 1. The smallest absolute Gasteiger partial charge is 0.341 e. The number of hydrogen-bond donors (Lipinski definition) is 2. The summed E-state index contributed by atoms with van der Waals surface area (Å²) in [6.45, 7) is 1.85. The van der Waals surface area contributed by atoms with Crippen molar-refractivity contribution in [3.8, 4) is 16.9 Å². The summed E-state index contributed by atoms with van der Waals surface area (Å²) < 4.78 is 7.48. The highest BCUT2D eigenvalue weighted by molar-refractivity contribution is 6.10. The maximum absolute atomic E-state index is 12.3. The summed E-state index contributed by atoms with van der Waals surface area (Å²) in [5.74, 6) is -1.35. The van der Waals surface area contributed by atoms with Gasteiger partial charge < -0.3 is 20.1 Å². The van der Waals surface area contributed by atoms with Crippen molar-refractivity contribution in [2.75, 3.05) is 6.61 Å². The van der Waals surface area contributed by atoms with Gasteiger partial charge in [-0.15, -0.1) is 0 Å². The predicted octanol–water partition coefficient (Wildman–Crippen LogP) is 4.23. The van der Waals surface area contributed by atoms with E-state index in [1.54, 1.807) is 12.1 Å². The van der Waals surface area contributed by atoms with Gasteiger partial charge in [0, 0.05) is 12.2 Å². The lowest BCUT2D eigenvalue weighted by molar-refractivity contribution is -0.139. The summed E-state index contributed by atoms with van der Waals surface area (Å²) in [6.07, 6.45) is 0. The zero-order chi connectivity index (χ0) is 22.0. The van der Waals surface area contributed by atoms with Crippen LogP contribution < -0.4 is 10.5 Å². The molecule has 0 bridgehead atoms. The second-order valence-corrected chi connectivity index (χ2v) is 7.27. The molecule has 4 rings (SSSR count). The van der Waals surface area contributed by atoms with Crippen LogP contribution in [-0.2, 0) is 11.3 Å². The van der Waals surface area contributed by atoms with E-state index < -0.39 is 18.5 Å². The number of fused-ring (bicyclic) bond motifs is 1. The van der Waals surface area contributed by atoms with E-state index in [0.717, 1.165) is 22.2 Å². The standard InChI is InChI=1S/C25H22N2O4/c1-16-23(25(26)30)24-20(12-7-13-21(24)31-15-22(28)29)27(16)14-18-10-5-6-11-19(18)17-8-3-2-4-9-17/h2-13H,14-15H2,1H3,(H2,26,30)(H,28,29). The number of aromatic nitrogens is 1. The Morgan fingerprint density at radius 3 is 2.39 bits per heavy atom.